The summed E-state index contributed by atoms with van der Waals surface area (Å²) in [4.78, 5) is 2.23. The van der Waals surface area contributed by atoms with Crippen molar-refractivity contribution in [1.29, 1.82) is 0 Å². The van der Waals surface area contributed by atoms with Gasteiger partial charge < -0.3 is 10.2 Å². The van der Waals surface area contributed by atoms with Crippen molar-refractivity contribution < 1.29 is 4.39 Å². The number of nitrogens with one attached hydrogen (secondary N) is 1. The lowest BCUT2D eigenvalue weighted by Gasteiger charge is -2.27. The van der Waals surface area contributed by atoms with E-state index in [9.17, 15) is 4.39 Å². The molecule has 0 radical (unpaired) electrons. The molecule has 0 aromatic heterocycles. The molecular weight excluding hydrogens is 227 g/mol. The quantitative estimate of drug-likeness (QED) is 0.865. The van der Waals surface area contributed by atoms with Crippen LogP contribution in [0.1, 0.15) is 24.8 Å². The van der Waals surface area contributed by atoms with E-state index in [0.29, 0.717) is 6.04 Å². The lowest BCUT2D eigenvalue weighted by molar-refractivity contribution is 0.488. The zero-order valence-corrected chi connectivity index (χ0v) is 11.0. The summed E-state index contributed by atoms with van der Waals surface area (Å²) in [6.07, 6.45) is 3.76. The molecule has 1 aliphatic carbocycles. The Morgan fingerprint density at radius 2 is 2.17 bits per heavy atom. The Balaban J connectivity index is 1.82. The van der Waals surface area contributed by atoms with Gasteiger partial charge in [0, 0.05) is 19.1 Å². The Kier molecular flexibility index (Phi) is 3.25. The Morgan fingerprint density at radius 1 is 1.33 bits per heavy atom. The van der Waals surface area contributed by atoms with Gasteiger partial charge in [-0.25, -0.2) is 4.39 Å². The summed E-state index contributed by atoms with van der Waals surface area (Å²) in [7, 11) is 0. The normalized spacial score (nSPS) is 25.0. The van der Waals surface area contributed by atoms with Crippen molar-refractivity contribution in [1.82, 2.24) is 5.32 Å². The molecule has 2 aliphatic rings. The van der Waals surface area contributed by atoms with Crippen molar-refractivity contribution >= 4 is 5.69 Å². The maximum atomic E-state index is 14.2. The van der Waals surface area contributed by atoms with E-state index in [2.05, 4.69) is 10.2 Å². The maximum Gasteiger partial charge on any atom is 0.149 e. The molecule has 1 saturated carbocycles. The fourth-order valence-electron chi connectivity index (χ4n) is 2.86. The van der Waals surface area contributed by atoms with Crippen LogP contribution in [0.3, 0.4) is 0 Å². The van der Waals surface area contributed by atoms with Gasteiger partial charge in [-0.05, 0) is 50.3 Å². The average Bonchev–Trinajstić information content (AvgIpc) is 3.16. The zero-order chi connectivity index (χ0) is 12.5. The smallest absolute Gasteiger partial charge is 0.149 e. The average molecular weight is 248 g/mol. The lowest BCUT2D eigenvalue weighted by atomic mass is 10.1. The molecule has 1 unspecified atom stereocenters. The predicted octanol–water partition coefficient (Wildman–Crippen LogP) is 2.71. The van der Waals surface area contributed by atoms with E-state index in [-0.39, 0.29) is 5.82 Å². The highest BCUT2D eigenvalue weighted by molar-refractivity contribution is 5.50. The first-order chi connectivity index (χ1) is 8.75. The number of rotatable bonds is 2. The summed E-state index contributed by atoms with van der Waals surface area (Å²) in [6.45, 7) is 4.81. The molecule has 1 atom stereocenters. The van der Waals surface area contributed by atoms with Gasteiger partial charge in [-0.1, -0.05) is 12.1 Å². The van der Waals surface area contributed by atoms with Gasteiger partial charge in [0.05, 0.1) is 5.69 Å². The summed E-state index contributed by atoms with van der Waals surface area (Å²) in [5, 5.41) is 3.61. The Morgan fingerprint density at radius 3 is 2.94 bits per heavy atom. The molecule has 1 saturated heterocycles. The van der Waals surface area contributed by atoms with Gasteiger partial charge in [0.2, 0.25) is 0 Å². The monoisotopic (exact) mass is 248 g/mol. The number of anilines is 1. The minimum atomic E-state index is -0.0473. The third-order valence-electron chi connectivity index (χ3n) is 4.13. The Hall–Kier alpha value is -1.09. The van der Waals surface area contributed by atoms with Gasteiger partial charge in [0.15, 0.2) is 0 Å². The van der Waals surface area contributed by atoms with Gasteiger partial charge >= 0.3 is 0 Å². The van der Waals surface area contributed by atoms with E-state index in [1.54, 1.807) is 0 Å². The number of nitrogens with zero attached hydrogens (tertiary/aromatic N) is 1. The molecule has 1 aromatic carbocycles. The first-order valence-electron chi connectivity index (χ1n) is 6.99. The number of aryl methyl sites for hydroxylation is 1. The van der Waals surface area contributed by atoms with E-state index >= 15 is 0 Å². The SMILES string of the molecule is Cc1cccc(N2CCCNC(C3CC3)C2)c1F. The molecule has 1 N–H and O–H groups in total. The van der Waals surface area contributed by atoms with Crippen molar-refractivity contribution in [2.75, 3.05) is 24.5 Å². The van der Waals surface area contributed by atoms with Crippen molar-refractivity contribution in [2.24, 2.45) is 5.92 Å². The van der Waals surface area contributed by atoms with Crippen LogP contribution in [0.2, 0.25) is 0 Å². The third-order valence-corrected chi connectivity index (χ3v) is 4.13. The van der Waals surface area contributed by atoms with E-state index in [0.717, 1.165) is 43.2 Å². The summed E-state index contributed by atoms with van der Waals surface area (Å²) in [6, 6.07) is 6.26. The van der Waals surface area contributed by atoms with Crippen molar-refractivity contribution in [2.45, 2.75) is 32.2 Å². The summed E-state index contributed by atoms with van der Waals surface area (Å²) in [5.41, 5.74) is 1.53. The van der Waals surface area contributed by atoms with Gasteiger partial charge in [-0.15, -0.1) is 0 Å². The second-order valence-corrected chi connectivity index (χ2v) is 5.61. The molecule has 3 rings (SSSR count). The summed E-state index contributed by atoms with van der Waals surface area (Å²) in [5.74, 6) is 0.771. The highest BCUT2D eigenvalue weighted by atomic mass is 19.1. The molecule has 0 amide bonds. The van der Waals surface area contributed by atoms with Gasteiger partial charge in [0.25, 0.3) is 0 Å². The fourth-order valence-corrected chi connectivity index (χ4v) is 2.86. The Bertz CT molecular complexity index is 429. The van der Waals surface area contributed by atoms with Crippen LogP contribution < -0.4 is 10.2 Å². The minimum absolute atomic E-state index is 0.0473. The molecule has 98 valence electrons. The first-order valence-corrected chi connectivity index (χ1v) is 6.99. The summed E-state index contributed by atoms with van der Waals surface area (Å²) >= 11 is 0. The van der Waals surface area contributed by atoms with Crippen LogP contribution in [0.4, 0.5) is 10.1 Å². The van der Waals surface area contributed by atoms with Crippen LogP contribution in [0.5, 0.6) is 0 Å². The van der Waals surface area contributed by atoms with E-state index in [1.165, 1.54) is 12.8 Å². The minimum Gasteiger partial charge on any atom is -0.368 e. The van der Waals surface area contributed by atoms with Gasteiger partial charge in [-0.3, -0.25) is 0 Å². The predicted molar refractivity (Wildman–Crippen MR) is 72.5 cm³/mol. The molecule has 1 aliphatic heterocycles. The second kappa shape index (κ2) is 4.88. The van der Waals surface area contributed by atoms with Crippen LogP contribution >= 0.6 is 0 Å². The molecule has 3 heteroatoms. The maximum absolute atomic E-state index is 14.2. The molecule has 0 spiro atoms. The van der Waals surface area contributed by atoms with Crippen LogP contribution in [0, 0.1) is 18.7 Å². The topological polar surface area (TPSA) is 15.3 Å². The second-order valence-electron chi connectivity index (χ2n) is 5.61. The standard InChI is InChI=1S/C15H21FN2/c1-11-4-2-5-14(15(11)16)18-9-3-8-17-13(10-18)12-6-7-12/h2,4-5,12-13,17H,3,6-10H2,1H3. The zero-order valence-electron chi connectivity index (χ0n) is 11.0. The Labute approximate surface area is 108 Å². The first kappa shape index (κ1) is 12.0. The number of hydrogen-bond donors (Lipinski definition) is 1. The molecule has 1 heterocycles. The van der Waals surface area contributed by atoms with Crippen molar-refractivity contribution in [3.63, 3.8) is 0 Å². The fraction of sp³-hybridized carbons (Fsp3) is 0.600. The number of benzene rings is 1. The molecule has 18 heavy (non-hydrogen) atoms. The summed E-state index contributed by atoms with van der Waals surface area (Å²) < 4.78 is 14.2. The molecule has 2 fully saturated rings. The largest absolute Gasteiger partial charge is 0.368 e. The van der Waals surface area contributed by atoms with Gasteiger partial charge in [-0.2, -0.15) is 0 Å². The van der Waals surface area contributed by atoms with Crippen molar-refractivity contribution in [3.8, 4) is 0 Å². The lowest BCUT2D eigenvalue weighted by Crippen LogP contribution is -2.39. The number of hydrogen-bond acceptors (Lipinski definition) is 2. The molecule has 1 aromatic rings. The molecule has 2 nitrogen and oxygen atoms in total. The highest BCUT2D eigenvalue weighted by Gasteiger charge is 2.33. The van der Waals surface area contributed by atoms with Crippen LogP contribution in [-0.2, 0) is 0 Å². The van der Waals surface area contributed by atoms with E-state index in [4.69, 9.17) is 0 Å². The van der Waals surface area contributed by atoms with Crippen molar-refractivity contribution in [3.05, 3.63) is 29.6 Å². The number of halogens is 1. The van der Waals surface area contributed by atoms with E-state index in [1.807, 2.05) is 25.1 Å². The molecular formula is C15H21FN2. The highest BCUT2D eigenvalue weighted by Crippen LogP contribution is 2.34. The van der Waals surface area contributed by atoms with E-state index < -0.39 is 0 Å². The third kappa shape index (κ3) is 2.37. The van der Waals surface area contributed by atoms with Crippen LogP contribution in [0.25, 0.3) is 0 Å². The van der Waals surface area contributed by atoms with Gasteiger partial charge in [0.1, 0.15) is 5.82 Å². The molecule has 0 bridgehead atoms. The van der Waals surface area contributed by atoms with Crippen LogP contribution in [-0.4, -0.2) is 25.7 Å². The van der Waals surface area contributed by atoms with Crippen LogP contribution in [0.15, 0.2) is 18.2 Å².